The van der Waals surface area contributed by atoms with E-state index < -0.39 is 4.92 Å². The van der Waals surface area contributed by atoms with Crippen molar-refractivity contribution in [2.75, 3.05) is 11.1 Å². The van der Waals surface area contributed by atoms with Crippen LogP contribution in [0.25, 0.3) is 0 Å². The van der Waals surface area contributed by atoms with Crippen molar-refractivity contribution in [2.24, 2.45) is 0 Å². The number of thioether (sulfide) groups is 1. The van der Waals surface area contributed by atoms with Gasteiger partial charge in [0, 0.05) is 21.9 Å². The van der Waals surface area contributed by atoms with Crippen molar-refractivity contribution in [3.63, 3.8) is 0 Å². The van der Waals surface area contributed by atoms with Crippen molar-refractivity contribution in [3.05, 3.63) is 50.4 Å². The number of carbonyl (C=O) groups is 1. The first-order valence-electron chi connectivity index (χ1n) is 7.80. The molecule has 8 heteroatoms. The van der Waals surface area contributed by atoms with E-state index in [1.54, 1.807) is 12.1 Å². The predicted octanol–water partition coefficient (Wildman–Crippen LogP) is 4.14. The highest BCUT2D eigenvalue weighted by Gasteiger charge is 2.21. The molecule has 0 saturated carbocycles. The predicted molar refractivity (Wildman–Crippen MR) is 98.1 cm³/mol. The Bertz CT molecular complexity index is 853. The highest BCUT2D eigenvalue weighted by Crippen LogP contribution is 2.37. The maximum absolute atomic E-state index is 12.2. The monoisotopic (exact) mass is 373 g/mol. The van der Waals surface area contributed by atoms with Gasteiger partial charge in [-0.05, 0) is 43.4 Å². The van der Waals surface area contributed by atoms with Crippen LogP contribution >= 0.6 is 23.1 Å². The SMILES string of the molecule is N#Cc1c(NC(=O)CSc2ccc([N+](=O)[O-])cc2)sc2c1CCCC2. The van der Waals surface area contributed by atoms with Crippen LogP contribution < -0.4 is 5.32 Å². The topological polar surface area (TPSA) is 96.0 Å². The van der Waals surface area contributed by atoms with Crippen LogP contribution in [0.2, 0.25) is 0 Å². The van der Waals surface area contributed by atoms with Crippen molar-refractivity contribution in [1.82, 2.24) is 0 Å². The number of hydrogen-bond acceptors (Lipinski definition) is 6. The molecule has 1 aliphatic rings. The second-order valence-electron chi connectivity index (χ2n) is 5.61. The van der Waals surface area contributed by atoms with Crippen LogP contribution in [-0.4, -0.2) is 16.6 Å². The Hall–Kier alpha value is -2.37. The van der Waals surface area contributed by atoms with Gasteiger partial charge in [0.15, 0.2) is 0 Å². The van der Waals surface area contributed by atoms with Gasteiger partial charge in [-0.25, -0.2) is 0 Å². The maximum Gasteiger partial charge on any atom is 0.269 e. The molecule has 1 amide bonds. The van der Waals surface area contributed by atoms with Gasteiger partial charge in [0.05, 0.1) is 16.2 Å². The lowest BCUT2D eigenvalue weighted by molar-refractivity contribution is -0.384. The van der Waals surface area contributed by atoms with Gasteiger partial charge in [0.2, 0.25) is 5.91 Å². The van der Waals surface area contributed by atoms with Crippen LogP contribution in [0.15, 0.2) is 29.2 Å². The van der Waals surface area contributed by atoms with Crippen molar-refractivity contribution in [1.29, 1.82) is 5.26 Å². The number of hydrogen-bond donors (Lipinski definition) is 1. The molecule has 0 aliphatic heterocycles. The average molecular weight is 373 g/mol. The molecule has 0 unspecified atom stereocenters. The standard InChI is InChI=1S/C17H15N3O3S2/c18-9-14-13-3-1-2-4-15(13)25-17(14)19-16(21)10-24-12-7-5-11(6-8-12)20(22)23/h5-8H,1-4,10H2,(H,19,21). The number of nitriles is 1. The Morgan fingerprint density at radius 1 is 1.32 bits per heavy atom. The van der Waals surface area contributed by atoms with Crippen LogP contribution in [0.3, 0.4) is 0 Å². The highest BCUT2D eigenvalue weighted by molar-refractivity contribution is 8.00. The molecule has 1 aliphatic carbocycles. The molecule has 0 bridgehead atoms. The summed E-state index contributed by atoms with van der Waals surface area (Å²) in [7, 11) is 0. The van der Waals surface area contributed by atoms with Crippen LogP contribution in [0, 0.1) is 21.4 Å². The Labute approximate surface area is 153 Å². The number of benzene rings is 1. The van der Waals surface area contributed by atoms with Crippen molar-refractivity contribution in [3.8, 4) is 6.07 Å². The fourth-order valence-electron chi connectivity index (χ4n) is 2.75. The molecule has 6 nitrogen and oxygen atoms in total. The summed E-state index contributed by atoms with van der Waals surface area (Å²) in [5.74, 6) is 0.00377. The summed E-state index contributed by atoms with van der Waals surface area (Å²) in [5, 5.41) is 23.5. The first-order valence-corrected chi connectivity index (χ1v) is 9.60. The first-order chi connectivity index (χ1) is 12.1. The molecule has 1 N–H and O–H groups in total. The van der Waals surface area contributed by atoms with E-state index in [1.807, 2.05) is 0 Å². The number of aryl methyl sites for hydroxylation is 1. The average Bonchev–Trinajstić information content (AvgIpc) is 2.97. The van der Waals surface area contributed by atoms with Crippen LogP contribution in [0.4, 0.5) is 10.7 Å². The number of amides is 1. The normalized spacial score (nSPS) is 12.9. The summed E-state index contributed by atoms with van der Waals surface area (Å²) in [5.41, 5.74) is 1.72. The van der Waals surface area contributed by atoms with Gasteiger partial charge in [-0.1, -0.05) is 0 Å². The van der Waals surface area contributed by atoms with E-state index in [0.717, 1.165) is 36.1 Å². The molecule has 0 fully saturated rings. The minimum Gasteiger partial charge on any atom is -0.316 e. The van der Waals surface area contributed by atoms with Gasteiger partial charge in [-0.15, -0.1) is 23.1 Å². The Balaban J connectivity index is 1.62. The van der Waals surface area contributed by atoms with Crippen LogP contribution in [-0.2, 0) is 17.6 Å². The Morgan fingerprint density at radius 2 is 2.04 bits per heavy atom. The van der Waals surface area contributed by atoms with Crippen LogP contribution in [0.1, 0.15) is 28.8 Å². The molecular formula is C17H15N3O3S2. The minimum absolute atomic E-state index is 0.0247. The lowest BCUT2D eigenvalue weighted by Gasteiger charge is -2.09. The van der Waals surface area contributed by atoms with E-state index in [9.17, 15) is 20.2 Å². The van der Waals surface area contributed by atoms with Gasteiger partial charge in [0.1, 0.15) is 11.1 Å². The molecule has 128 valence electrons. The zero-order chi connectivity index (χ0) is 17.8. The van der Waals surface area contributed by atoms with Crippen LogP contribution in [0.5, 0.6) is 0 Å². The van der Waals surface area contributed by atoms with E-state index in [4.69, 9.17) is 0 Å². The fraction of sp³-hybridized carbons (Fsp3) is 0.294. The second kappa shape index (κ2) is 7.68. The summed E-state index contributed by atoms with van der Waals surface area (Å²) in [6.07, 6.45) is 4.09. The third kappa shape index (κ3) is 4.00. The van der Waals surface area contributed by atoms with Gasteiger partial charge in [0.25, 0.3) is 5.69 Å². The molecule has 25 heavy (non-hydrogen) atoms. The van der Waals surface area contributed by atoms with E-state index in [-0.39, 0.29) is 17.3 Å². The van der Waals surface area contributed by atoms with E-state index in [1.165, 1.54) is 40.1 Å². The third-order valence-corrected chi connectivity index (χ3v) is 6.17. The molecule has 3 rings (SSSR count). The number of fused-ring (bicyclic) bond motifs is 1. The minimum atomic E-state index is -0.455. The van der Waals surface area contributed by atoms with Gasteiger partial charge in [-0.2, -0.15) is 5.26 Å². The van der Waals surface area contributed by atoms with E-state index in [0.29, 0.717) is 10.6 Å². The number of thiophene rings is 1. The summed E-state index contributed by atoms with van der Waals surface area (Å²) >= 11 is 2.81. The number of nitrogens with zero attached hydrogens (tertiary/aromatic N) is 2. The van der Waals surface area contributed by atoms with E-state index >= 15 is 0 Å². The smallest absolute Gasteiger partial charge is 0.269 e. The quantitative estimate of drug-likeness (QED) is 0.483. The largest absolute Gasteiger partial charge is 0.316 e. The summed E-state index contributed by atoms with van der Waals surface area (Å²) < 4.78 is 0. The summed E-state index contributed by atoms with van der Waals surface area (Å²) in [6.45, 7) is 0. The molecule has 0 radical (unpaired) electrons. The van der Waals surface area contributed by atoms with Gasteiger partial charge >= 0.3 is 0 Å². The molecule has 0 saturated heterocycles. The molecule has 1 aromatic carbocycles. The third-order valence-electron chi connectivity index (χ3n) is 3.95. The molecule has 2 aromatic rings. The maximum atomic E-state index is 12.2. The molecular weight excluding hydrogens is 358 g/mol. The first kappa shape index (κ1) is 17.5. The number of nitro groups is 1. The van der Waals surface area contributed by atoms with Crippen molar-refractivity contribution in [2.45, 2.75) is 30.6 Å². The van der Waals surface area contributed by atoms with Crippen molar-refractivity contribution < 1.29 is 9.72 Å². The Kier molecular flexibility index (Phi) is 5.36. The van der Waals surface area contributed by atoms with E-state index in [2.05, 4.69) is 11.4 Å². The number of carbonyl (C=O) groups excluding carboxylic acids is 1. The highest BCUT2D eigenvalue weighted by atomic mass is 32.2. The zero-order valence-corrected chi connectivity index (χ0v) is 14.9. The molecule has 1 aromatic heterocycles. The number of non-ortho nitro benzene ring substituents is 1. The lowest BCUT2D eigenvalue weighted by atomic mass is 9.96. The van der Waals surface area contributed by atoms with Gasteiger partial charge in [-0.3, -0.25) is 14.9 Å². The van der Waals surface area contributed by atoms with Crippen molar-refractivity contribution >= 4 is 39.7 Å². The summed E-state index contributed by atoms with van der Waals surface area (Å²) in [6, 6.07) is 8.31. The Morgan fingerprint density at radius 3 is 2.72 bits per heavy atom. The number of nitrogens with one attached hydrogen (secondary N) is 1. The fourth-order valence-corrected chi connectivity index (χ4v) is 4.70. The molecule has 1 heterocycles. The summed E-state index contributed by atoms with van der Waals surface area (Å²) in [4.78, 5) is 24.4. The number of nitro benzene ring substituents is 1. The number of rotatable bonds is 5. The zero-order valence-electron chi connectivity index (χ0n) is 13.3. The lowest BCUT2D eigenvalue weighted by Crippen LogP contribution is -2.14. The molecule has 0 atom stereocenters. The second-order valence-corrected chi connectivity index (χ2v) is 7.77. The number of anilines is 1. The molecule has 0 spiro atoms. The van der Waals surface area contributed by atoms with Gasteiger partial charge < -0.3 is 5.32 Å².